The quantitative estimate of drug-likeness (QED) is 0.721. The molecule has 1 N–H and O–H groups in total. The van der Waals surface area contributed by atoms with Gasteiger partial charge in [-0.25, -0.2) is 4.99 Å². The molecule has 0 amide bonds. The van der Waals surface area contributed by atoms with Gasteiger partial charge in [0.25, 0.3) is 0 Å². The zero-order valence-corrected chi connectivity index (χ0v) is 9.47. The Labute approximate surface area is 102 Å². The molecule has 0 spiro atoms. The van der Waals surface area contributed by atoms with Crippen molar-refractivity contribution < 1.29 is 9.73 Å². The van der Waals surface area contributed by atoms with Crippen LogP contribution in [-0.4, -0.2) is 29.2 Å². The SMILES string of the molecule is Cc1cccc2c1C(=O)C1=NC3=NONC3N=C12. The summed E-state index contributed by atoms with van der Waals surface area (Å²) in [6.07, 6.45) is -0.414. The van der Waals surface area contributed by atoms with E-state index in [0.717, 1.165) is 11.1 Å². The first kappa shape index (κ1) is 9.67. The molecule has 0 fully saturated rings. The fourth-order valence-corrected chi connectivity index (χ4v) is 2.39. The van der Waals surface area contributed by atoms with E-state index in [4.69, 9.17) is 4.94 Å². The number of hydrogen-bond donors (Lipinski definition) is 1. The molecule has 0 saturated heterocycles. The van der Waals surface area contributed by atoms with E-state index in [1.165, 1.54) is 0 Å². The minimum Gasteiger partial charge on any atom is -0.295 e. The lowest BCUT2D eigenvalue weighted by Crippen LogP contribution is -2.34. The molecular weight excluding hydrogens is 232 g/mol. The smallest absolute Gasteiger partial charge is 0.214 e. The second-order valence-corrected chi connectivity index (χ2v) is 4.33. The van der Waals surface area contributed by atoms with Gasteiger partial charge >= 0.3 is 0 Å². The third-order valence-electron chi connectivity index (χ3n) is 3.23. The molecule has 0 radical (unpaired) electrons. The van der Waals surface area contributed by atoms with Gasteiger partial charge in [0.2, 0.25) is 11.6 Å². The van der Waals surface area contributed by atoms with E-state index in [-0.39, 0.29) is 5.78 Å². The van der Waals surface area contributed by atoms with Crippen LogP contribution in [0, 0.1) is 6.92 Å². The van der Waals surface area contributed by atoms with Crippen molar-refractivity contribution in [3.05, 3.63) is 34.9 Å². The molecule has 1 aliphatic carbocycles. The average Bonchev–Trinajstić information content (AvgIpc) is 2.92. The number of hydrogen-bond acceptors (Lipinski definition) is 6. The predicted octanol–water partition coefficient (Wildman–Crippen LogP) is 0.609. The van der Waals surface area contributed by atoms with E-state index in [1.807, 2.05) is 25.1 Å². The number of carbonyl (C=O) groups excluding carboxylic acids is 1. The van der Waals surface area contributed by atoms with Gasteiger partial charge in [-0.3, -0.25) is 14.7 Å². The van der Waals surface area contributed by atoms with E-state index >= 15 is 0 Å². The molecular formula is C12H8N4O2. The van der Waals surface area contributed by atoms with Gasteiger partial charge in [-0.15, -0.1) is 0 Å². The van der Waals surface area contributed by atoms with Gasteiger partial charge < -0.3 is 0 Å². The summed E-state index contributed by atoms with van der Waals surface area (Å²) in [4.78, 5) is 25.7. The van der Waals surface area contributed by atoms with Crippen LogP contribution >= 0.6 is 0 Å². The van der Waals surface area contributed by atoms with Crippen molar-refractivity contribution in [2.75, 3.05) is 0 Å². The van der Waals surface area contributed by atoms with E-state index in [2.05, 4.69) is 20.6 Å². The minimum atomic E-state index is -0.414. The summed E-state index contributed by atoms with van der Waals surface area (Å²) in [5.74, 6) is 0.308. The van der Waals surface area contributed by atoms with E-state index in [0.29, 0.717) is 22.8 Å². The van der Waals surface area contributed by atoms with Crippen LogP contribution in [0.4, 0.5) is 0 Å². The molecule has 4 rings (SSSR count). The van der Waals surface area contributed by atoms with Gasteiger partial charge in [0.1, 0.15) is 5.71 Å². The molecule has 2 aliphatic heterocycles. The summed E-state index contributed by atoms with van der Waals surface area (Å²) in [6.45, 7) is 1.91. The number of aryl methyl sites for hydroxylation is 1. The number of Topliss-reactive ketones (excluding diaryl/α,β-unsaturated/α-hetero) is 1. The van der Waals surface area contributed by atoms with Crippen molar-refractivity contribution in [2.45, 2.75) is 13.1 Å². The number of amidine groups is 1. The number of rotatable bonds is 0. The Bertz CT molecular complexity index is 687. The maximum absolute atomic E-state index is 12.3. The monoisotopic (exact) mass is 240 g/mol. The van der Waals surface area contributed by atoms with E-state index in [1.54, 1.807) is 0 Å². The Morgan fingerprint density at radius 1 is 1.33 bits per heavy atom. The highest BCUT2D eigenvalue weighted by atomic mass is 16.8. The molecule has 1 aromatic carbocycles. The number of nitrogens with one attached hydrogen (secondary N) is 1. The van der Waals surface area contributed by atoms with Crippen LogP contribution in [0.5, 0.6) is 0 Å². The molecule has 1 unspecified atom stereocenters. The molecule has 1 atom stereocenters. The third-order valence-corrected chi connectivity index (χ3v) is 3.23. The normalized spacial score (nSPS) is 23.5. The number of oxime groups is 1. The van der Waals surface area contributed by atoms with Gasteiger partial charge in [-0.2, -0.15) is 0 Å². The Kier molecular flexibility index (Phi) is 1.67. The highest BCUT2D eigenvalue weighted by molar-refractivity contribution is 6.79. The van der Waals surface area contributed by atoms with Gasteiger partial charge in [0.05, 0.1) is 5.71 Å². The summed E-state index contributed by atoms with van der Waals surface area (Å²) >= 11 is 0. The number of nitrogens with zero attached hydrogens (tertiary/aromatic N) is 3. The fourth-order valence-electron chi connectivity index (χ4n) is 2.39. The van der Waals surface area contributed by atoms with Crippen LogP contribution in [-0.2, 0) is 4.94 Å². The number of aliphatic imine (C=N–C) groups is 2. The zero-order chi connectivity index (χ0) is 12.3. The first-order chi connectivity index (χ1) is 8.75. The fraction of sp³-hybridized carbons (Fsp3) is 0.167. The Morgan fingerprint density at radius 3 is 3.11 bits per heavy atom. The van der Waals surface area contributed by atoms with Crippen LogP contribution in [0.25, 0.3) is 0 Å². The van der Waals surface area contributed by atoms with Crippen LogP contribution in [0.2, 0.25) is 0 Å². The molecule has 2 heterocycles. The number of hydroxylamine groups is 1. The minimum absolute atomic E-state index is 0.0881. The van der Waals surface area contributed by atoms with Crippen molar-refractivity contribution >= 4 is 23.0 Å². The first-order valence-electron chi connectivity index (χ1n) is 5.56. The van der Waals surface area contributed by atoms with Crippen molar-refractivity contribution in [3.63, 3.8) is 0 Å². The topological polar surface area (TPSA) is 75.4 Å². The molecule has 18 heavy (non-hydrogen) atoms. The molecule has 1 aromatic rings. The lowest BCUT2D eigenvalue weighted by Gasteiger charge is -2.10. The summed E-state index contributed by atoms with van der Waals surface area (Å²) < 4.78 is 0. The lowest BCUT2D eigenvalue weighted by atomic mass is 10.0. The third kappa shape index (κ3) is 1.05. The van der Waals surface area contributed by atoms with Gasteiger partial charge in [0.15, 0.2) is 6.17 Å². The lowest BCUT2D eigenvalue weighted by molar-refractivity contribution is 0.0615. The average molecular weight is 240 g/mol. The molecule has 0 bridgehead atoms. The number of carbonyl (C=O) groups is 1. The second-order valence-electron chi connectivity index (χ2n) is 4.33. The van der Waals surface area contributed by atoms with E-state index in [9.17, 15) is 4.79 Å². The molecule has 0 saturated carbocycles. The molecule has 0 aromatic heterocycles. The predicted molar refractivity (Wildman–Crippen MR) is 64.9 cm³/mol. The maximum atomic E-state index is 12.3. The summed E-state index contributed by atoms with van der Waals surface area (Å²) in [5.41, 5.74) is 6.08. The summed E-state index contributed by atoms with van der Waals surface area (Å²) in [5, 5.41) is 3.70. The first-order valence-corrected chi connectivity index (χ1v) is 5.56. The Balaban J connectivity index is 2.00. The Morgan fingerprint density at radius 2 is 2.22 bits per heavy atom. The largest absolute Gasteiger partial charge is 0.295 e. The van der Waals surface area contributed by atoms with Gasteiger partial charge in [-0.05, 0) is 17.6 Å². The molecule has 3 aliphatic rings. The van der Waals surface area contributed by atoms with Crippen molar-refractivity contribution in [1.29, 1.82) is 0 Å². The Hall–Kier alpha value is -2.34. The highest BCUT2D eigenvalue weighted by Gasteiger charge is 2.39. The van der Waals surface area contributed by atoms with E-state index < -0.39 is 6.17 Å². The van der Waals surface area contributed by atoms with Gasteiger partial charge in [-0.1, -0.05) is 23.7 Å². The highest BCUT2D eigenvalue weighted by Crippen LogP contribution is 2.27. The zero-order valence-electron chi connectivity index (χ0n) is 9.47. The number of benzene rings is 1. The number of ketones is 1. The maximum Gasteiger partial charge on any atom is 0.214 e. The summed E-state index contributed by atoms with van der Waals surface area (Å²) in [6, 6.07) is 5.71. The molecule has 6 nitrogen and oxygen atoms in total. The van der Waals surface area contributed by atoms with Gasteiger partial charge in [0, 0.05) is 11.1 Å². The van der Waals surface area contributed by atoms with Crippen LogP contribution < -0.4 is 5.48 Å². The standard InChI is InChI=1S/C12H8N4O2/c1-5-3-2-4-6-7(5)10(17)9-8(6)13-11-12(14-9)16-18-15-11/h2-4,11,15H,1H3. The van der Waals surface area contributed by atoms with Crippen molar-refractivity contribution in [2.24, 2.45) is 15.1 Å². The van der Waals surface area contributed by atoms with Crippen molar-refractivity contribution in [1.82, 2.24) is 5.48 Å². The summed E-state index contributed by atoms with van der Waals surface area (Å²) in [7, 11) is 0. The second kappa shape index (κ2) is 3.11. The number of fused-ring (bicyclic) bond motifs is 4. The van der Waals surface area contributed by atoms with Crippen molar-refractivity contribution in [3.8, 4) is 0 Å². The molecule has 6 heteroatoms. The van der Waals surface area contributed by atoms with Crippen LogP contribution in [0.1, 0.15) is 21.5 Å². The molecule has 88 valence electrons. The van der Waals surface area contributed by atoms with Crippen LogP contribution in [0.3, 0.4) is 0 Å². The van der Waals surface area contributed by atoms with Crippen LogP contribution in [0.15, 0.2) is 33.3 Å².